The zero-order valence-electron chi connectivity index (χ0n) is 10.1. The van der Waals surface area contributed by atoms with Gasteiger partial charge in [-0.15, -0.1) is 0 Å². The summed E-state index contributed by atoms with van der Waals surface area (Å²) in [6.45, 7) is 1.44. The molecule has 0 aliphatic carbocycles. The molecule has 6 nitrogen and oxygen atoms in total. The van der Waals surface area contributed by atoms with Crippen LogP contribution in [0.4, 0.5) is 0 Å². The van der Waals surface area contributed by atoms with Gasteiger partial charge in [-0.25, -0.2) is 0 Å². The van der Waals surface area contributed by atoms with Crippen LogP contribution < -0.4 is 5.32 Å². The molecule has 1 aromatic rings. The molecule has 1 saturated heterocycles. The van der Waals surface area contributed by atoms with Crippen LogP contribution in [0.15, 0.2) is 27.3 Å². The number of carbonyl (C=O) groups excluding carboxylic acids is 3. The topological polar surface area (TPSA) is 79.6 Å². The SMILES string of the molecule is CC1C(=O)NC(=O)CN1C(=O)C=Cc1ccc(Br)o1. The normalized spacial score (nSPS) is 19.9. The lowest BCUT2D eigenvalue weighted by molar-refractivity contribution is -0.147. The molecule has 1 N–H and O–H groups in total. The van der Waals surface area contributed by atoms with Crippen LogP contribution in [0.2, 0.25) is 0 Å². The number of nitrogens with zero attached hydrogens (tertiary/aromatic N) is 1. The smallest absolute Gasteiger partial charge is 0.249 e. The minimum Gasteiger partial charge on any atom is -0.450 e. The first-order valence-corrected chi connectivity index (χ1v) is 6.34. The Balaban J connectivity index is 2.08. The lowest BCUT2D eigenvalue weighted by Crippen LogP contribution is -2.58. The van der Waals surface area contributed by atoms with Gasteiger partial charge < -0.3 is 9.32 Å². The summed E-state index contributed by atoms with van der Waals surface area (Å²) >= 11 is 3.15. The minimum atomic E-state index is -0.668. The van der Waals surface area contributed by atoms with Crippen LogP contribution in [0, 0.1) is 0 Å². The summed E-state index contributed by atoms with van der Waals surface area (Å²) in [6, 6.07) is 2.72. The van der Waals surface area contributed by atoms with Gasteiger partial charge in [0.1, 0.15) is 18.3 Å². The number of hydrogen-bond donors (Lipinski definition) is 1. The van der Waals surface area contributed by atoms with Crippen molar-refractivity contribution in [1.82, 2.24) is 10.2 Å². The highest BCUT2D eigenvalue weighted by Crippen LogP contribution is 2.15. The maximum Gasteiger partial charge on any atom is 0.249 e. The number of furan rings is 1. The monoisotopic (exact) mass is 326 g/mol. The van der Waals surface area contributed by atoms with Gasteiger partial charge in [-0.2, -0.15) is 0 Å². The second-order valence-corrected chi connectivity index (χ2v) is 4.81. The van der Waals surface area contributed by atoms with Crippen LogP contribution in [0.25, 0.3) is 6.08 Å². The summed E-state index contributed by atoms with van der Waals surface area (Å²) in [5.41, 5.74) is 0. The number of imide groups is 1. The van der Waals surface area contributed by atoms with Gasteiger partial charge in [-0.3, -0.25) is 19.7 Å². The summed E-state index contributed by atoms with van der Waals surface area (Å²) in [6.07, 6.45) is 2.75. The van der Waals surface area contributed by atoms with E-state index in [0.29, 0.717) is 10.4 Å². The Morgan fingerprint density at radius 3 is 2.89 bits per heavy atom. The molecule has 1 unspecified atom stereocenters. The van der Waals surface area contributed by atoms with Gasteiger partial charge in [0.25, 0.3) is 0 Å². The van der Waals surface area contributed by atoms with Gasteiger partial charge in [-0.1, -0.05) is 0 Å². The van der Waals surface area contributed by atoms with E-state index in [1.54, 1.807) is 19.1 Å². The Kier molecular flexibility index (Phi) is 3.84. The third-order valence-corrected chi connectivity index (χ3v) is 3.12. The number of piperazine rings is 1. The standard InChI is InChI=1S/C12H11BrN2O4/c1-7-12(18)14-10(16)6-15(7)11(17)5-3-8-2-4-9(13)19-8/h2-5,7H,6H2,1H3,(H,14,16,18). The Morgan fingerprint density at radius 1 is 1.53 bits per heavy atom. The van der Waals surface area contributed by atoms with Gasteiger partial charge in [0.15, 0.2) is 4.67 Å². The first-order chi connectivity index (χ1) is 8.97. The van der Waals surface area contributed by atoms with Gasteiger partial charge in [0, 0.05) is 6.08 Å². The van der Waals surface area contributed by atoms with E-state index in [4.69, 9.17) is 4.42 Å². The zero-order valence-corrected chi connectivity index (χ0v) is 11.6. The second-order valence-electron chi connectivity index (χ2n) is 4.03. The highest BCUT2D eigenvalue weighted by molar-refractivity contribution is 9.10. The zero-order chi connectivity index (χ0) is 14.0. The van der Waals surface area contributed by atoms with E-state index in [0.717, 1.165) is 0 Å². The van der Waals surface area contributed by atoms with Crippen LogP contribution in [0.1, 0.15) is 12.7 Å². The highest BCUT2D eigenvalue weighted by Gasteiger charge is 2.32. The van der Waals surface area contributed by atoms with Crippen molar-refractivity contribution in [2.45, 2.75) is 13.0 Å². The number of nitrogens with one attached hydrogen (secondary N) is 1. The van der Waals surface area contributed by atoms with Crippen LogP contribution in [0.5, 0.6) is 0 Å². The van der Waals surface area contributed by atoms with Crippen molar-refractivity contribution in [2.24, 2.45) is 0 Å². The van der Waals surface area contributed by atoms with Crippen LogP contribution in [-0.4, -0.2) is 35.2 Å². The Labute approximate surface area is 117 Å². The molecular weight excluding hydrogens is 316 g/mol. The van der Waals surface area contributed by atoms with E-state index in [9.17, 15) is 14.4 Å². The number of halogens is 1. The van der Waals surface area contributed by atoms with Crippen LogP contribution in [0.3, 0.4) is 0 Å². The van der Waals surface area contributed by atoms with E-state index in [-0.39, 0.29) is 6.54 Å². The molecule has 3 amide bonds. The molecule has 0 bridgehead atoms. The summed E-state index contributed by atoms with van der Waals surface area (Å²) in [4.78, 5) is 35.8. The molecule has 2 rings (SSSR count). The van der Waals surface area contributed by atoms with Crippen molar-refractivity contribution in [3.8, 4) is 0 Å². The van der Waals surface area contributed by atoms with Crippen molar-refractivity contribution in [1.29, 1.82) is 0 Å². The van der Waals surface area contributed by atoms with Gasteiger partial charge in [0.05, 0.1) is 0 Å². The molecule has 2 heterocycles. The second kappa shape index (κ2) is 5.40. The first-order valence-electron chi connectivity index (χ1n) is 5.55. The third-order valence-electron chi connectivity index (χ3n) is 2.69. The lowest BCUT2D eigenvalue weighted by Gasteiger charge is -2.30. The highest BCUT2D eigenvalue weighted by atomic mass is 79.9. The minimum absolute atomic E-state index is 0.127. The van der Waals surface area contributed by atoms with E-state index in [1.165, 1.54) is 17.1 Å². The Morgan fingerprint density at radius 2 is 2.26 bits per heavy atom. The van der Waals surface area contributed by atoms with Crippen molar-refractivity contribution in [2.75, 3.05) is 6.54 Å². The summed E-state index contributed by atoms with van der Waals surface area (Å²) in [7, 11) is 0. The summed E-state index contributed by atoms with van der Waals surface area (Å²) < 4.78 is 5.76. The summed E-state index contributed by atoms with van der Waals surface area (Å²) in [5, 5.41) is 2.17. The number of carbonyl (C=O) groups is 3. The molecule has 7 heteroatoms. The molecule has 0 aromatic carbocycles. The fraction of sp³-hybridized carbons (Fsp3) is 0.250. The maximum atomic E-state index is 11.9. The molecule has 1 atom stereocenters. The quantitative estimate of drug-likeness (QED) is 0.647. The van der Waals surface area contributed by atoms with E-state index >= 15 is 0 Å². The van der Waals surface area contributed by atoms with Crippen molar-refractivity contribution in [3.63, 3.8) is 0 Å². The predicted molar refractivity (Wildman–Crippen MR) is 69.8 cm³/mol. The molecule has 100 valence electrons. The molecule has 19 heavy (non-hydrogen) atoms. The number of amides is 3. The predicted octanol–water partition coefficient (Wildman–Crippen LogP) is 0.929. The largest absolute Gasteiger partial charge is 0.450 e. The molecule has 0 radical (unpaired) electrons. The Hall–Kier alpha value is -1.89. The Bertz CT molecular complexity index is 564. The molecule has 1 aliphatic heterocycles. The molecule has 0 saturated carbocycles. The molecular formula is C12H11BrN2O4. The molecule has 1 fully saturated rings. The summed E-state index contributed by atoms with van der Waals surface area (Å²) in [5.74, 6) is -0.867. The van der Waals surface area contributed by atoms with Crippen molar-refractivity contribution >= 4 is 39.7 Å². The van der Waals surface area contributed by atoms with Gasteiger partial charge in [0.2, 0.25) is 17.7 Å². The van der Waals surface area contributed by atoms with Gasteiger partial charge >= 0.3 is 0 Å². The fourth-order valence-electron chi connectivity index (χ4n) is 1.65. The third kappa shape index (κ3) is 3.11. The average molecular weight is 327 g/mol. The lowest BCUT2D eigenvalue weighted by atomic mass is 10.2. The number of hydrogen-bond acceptors (Lipinski definition) is 4. The first kappa shape index (κ1) is 13.5. The van der Waals surface area contributed by atoms with Crippen molar-refractivity contribution in [3.05, 3.63) is 28.6 Å². The van der Waals surface area contributed by atoms with Crippen LogP contribution in [-0.2, 0) is 14.4 Å². The van der Waals surface area contributed by atoms with E-state index in [2.05, 4.69) is 21.2 Å². The maximum absolute atomic E-state index is 11.9. The van der Waals surface area contributed by atoms with Gasteiger partial charge in [-0.05, 0) is 41.1 Å². The van der Waals surface area contributed by atoms with Crippen molar-refractivity contribution < 1.29 is 18.8 Å². The molecule has 0 spiro atoms. The molecule has 1 aliphatic rings. The molecule has 1 aromatic heterocycles. The van der Waals surface area contributed by atoms with E-state index < -0.39 is 23.8 Å². The van der Waals surface area contributed by atoms with E-state index in [1.807, 2.05) is 0 Å². The fourth-order valence-corrected chi connectivity index (χ4v) is 1.97. The average Bonchev–Trinajstić information content (AvgIpc) is 2.76. The number of rotatable bonds is 2. The van der Waals surface area contributed by atoms with Crippen LogP contribution >= 0.6 is 15.9 Å².